The second-order valence-electron chi connectivity index (χ2n) is 4.74. The Morgan fingerprint density at radius 2 is 2.22 bits per heavy atom. The summed E-state index contributed by atoms with van der Waals surface area (Å²) in [6, 6.07) is 5.46. The Morgan fingerprint density at radius 3 is 2.78 bits per heavy atom. The van der Waals surface area contributed by atoms with Gasteiger partial charge in [-0.1, -0.05) is 6.07 Å². The maximum Gasteiger partial charge on any atom is 0.257 e. The fraction of sp³-hybridized carbons (Fsp3) is 0.500. The van der Waals surface area contributed by atoms with Crippen LogP contribution < -0.4 is 0 Å². The van der Waals surface area contributed by atoms with Crippen LogP contribution in [-0.4, -0.2) is 42.2 Å². The van der Waals surface area contributed by atoms with E-state index in [1.165, 1.54) is 0 Å². The normalized spacial score (nSPS) is 14.6. The van der Waals surface area contributed by atoms with E-state index in [0.29, 0.717) is 24.8 Å². The van der Waals surface area contributed by atoms with Crippen LogP contribution in [0.25, 0.3) is 0 Å². The van der Waals surface area contributed by atoms with Gasteiger partial charge < -0.3 is 14.7 Å². The SMILES string of the molecule is COCCN(C(=O)c1ccc(C)cc1O)C1CC1. The molecule has 1 fully saturated rings. The highest BCUT2D eigenvalue weighted by molar-refractivity contribution is 5.97. The monoisotopic (exact) mass is 249 g/mol. The Hall–Kier alpha value is -1.55. The molecule has 0 heterocycles. The van der Waals surface area contributed by atoms with Crippen LogP contribution in [0.15, 0.2) is 18.2 Å². The Balaban J connectivity index is 2.16. The van der Waals surface area contributed by atoms with E-state index in [1.54, 1.807) is 24.1 Å². The minimum absolute atomic E-state index is 0.0584. The smallest absolute Gasteiger partial charge is 0.257 e. The molecule has 0 aliphatic heterocycles. The summed E-state index contributed by atoms with van der Waals surface area (Å²) in [5.41, 5.74) is 1.32. The van der Waals surface area contributed by atoms with Gasteiger partial charge in [-0.25, -0.2) is 0 Å². The van der Waals surface area contributed by atoms with Crippen LogP contribution in [0, 0.1) is 6.92 Å². The molecule has 1 aromatic rings. The van der Waals surface area contributed by atoms with Crippen LogP contribution in [-0.2, 0) is 4.74 Å². The molecule has 1 N–H and O–H groups in total. The van der Waals surface area contributed by atoms with Gasteiger partial charge in [0.2, 0.25) is 0 Å². The molecule has 1 saturated carbocycles. The highest BCUT2D eigenvalue weighted by Gasteiger charge is 2.33. The number of aromatic hydroxyl groups is 1. The summed E-state index contributed by atoms with van der Waals surface area (Å²) in [5.74, 6) is -0.0462. The summed E-state index contributed by atoms with van der Waals surface area (Å²) in [6.07, 6.45) is 2.09. The van der Waals surface area contributed by atoms with E-state index >= 15 is 0 Å². The molecular weight excluding hydrogens is 230 g/mol. The molecule has 1 aliphatic carbocycles. The van der Waals surface area contributed by atoms with Crippen molar-refractivity contribution < 1.29 is 14.6 Å². The highest BCUT2D eigenvalue weighted by Crippen LogP contribution is 2.30. The molecule has 4 heteroatoms. The summed E-state index contributed by atoms with van der Waals surface area (Å²) in [5, 5.41) is 9.86. The second-order valence-corrected chi connectivity index (χ2v) is 4.74. The molecule has 4 nitrogen and oxygen atoms in total. The minimum atomic E-state index is -0.105. The lowest BCUT2D eigenvalue weighted by Gasteiger charge is -2.22. The number of ether oxygens (including phenoxy) is 1. The maximum atomic E-state index is 12.4. The number of nitrogens with zero attached hydrogens (tertiary/aromatic N) is 1. The third kappa shape index (κ3) is 2.82. The van der Waals surface area contributed by atoms with Gasteiger partial charge in [0.15, 0.2) is 0 Å². The van der Waals surface area contributed by atoms with Gasteiger partial charge in [0.1, 0.15) is 5.75 Å². The molecule has 0 radical (unpaired) electrons. The molecule has 1 amide bonds. The van der Waals surface area contributed by atoms with Gasteiger partial charge in [0, 0.05) is 19.7 Å². The number of carbonyl (C=O) groups is 1. The van der Waals surface area contributed by atoms with Crippen molar-refractivity contribution in [1.82, 2.24) is 4.90 Å². The maximum absolute atomic E-state index is 12.4. The first-order valence-electron chi connectivity index (χ1n) is 6.23. The predicted molar refractivity (Wildman–Crippen MR) is 68.8 cm³/mol. The number of rotatable bonds is 5. The van der Waals surface area contributed by atoms with Gasteiger partial charge in [-0.3, -0.25) is 4.79 Å². The standard InChI is InChI=1S/C14H19NO3/c1-10-3-6-12(13(16)9-10)14(17)15(7-8-18-2)11-4-5-11/h3,6,9,11,16H,4-5,7-8H2,1-2H3. The fourth-order valence-corrected chi connectivity index (χ4v) is 2.00. The molecule has 1 aliphatic rings. The molecule has 0 aromatic heterocycles. The van der Waals surface area contributed by atoms with E-state index in [-0.39, 0.29) is 11.7 Å². The number of benzene rings is 1. The zero-order chi connectivity index (χ0) is 13.1. The van der Waals surface area contributed by atoms with Crippen LogP contribution in [0.1, 0.15) is 28.8 Å². The lowest BCUT2D eigenvalue weighted by Crippen LogP contribution is -2.35. The second kappa shape index (κ2) is 5.40. The van der Waals surface area contributed by atoms with Gasteiger partial charge >= 0.3 is 0 Å². The number of phenols is 1. The number of phenolic OH excluding ortho intramolecular Hbond substituents is 1. The third-order valence-corrected chi connectivity index (χ3v) is 3.17. The summed E-state index contributed by atoms with van der Waals surface area (Å²) >= 11 is 0. The van der Waals surface area contributed by atoms with E-state index in [2.05, 4.69) is 0 Å². The minimum Gasteiger partial charge on any atom is -0.507 e. The molecule has 0 atom stereocenters. The zero-order valence-corrected chi connectivity index (χ0v) is 10.8. The van der Waals surface area contributed by atoms with E-state index in [0.717, 1.165) is 18.4 Å². The number of hydrogen-bond donors (Lipinski definition) is 1. The molecule has 18 heavy (non-hydrogen) atoms. The van der Waals surface area contributed by atoms with E-state index in [4.69, 9.17) is 4.74 Å². The molecular formula is C14H19NO3. The Labute approximate surface area is 107 Å². The van der Waals surface area contributed by atoms with E-state index in [9.17, 15) is 9.90 Å². The van der Waals surface area contributed by atoms with Crippen molar-refractivity contribution in [3.05, 3.63) is 29.3 Å². The van der Waals surface area contributed by atoms with Crippen molar-refractivity contribution in [3.8, 4) is 5.75 Å². The quantitative estimate of drug-likeness (QED) is 0.867. The third-order valence-electron chi connectivity index (χ3n) is 3.17. The zero-order valence-electron chi connectivity index (χ0n) is 10.8. The number of aryl methyl sites for hydroxylation is 1. The molecule has 0 bridgehead atoms. The molecule has 0 spiro atoms. The average molecular weight is 249 g/mol. The fourth-order valence-electron chi connectivity index (χ4n) is 2.00. The van der Waals surface area contributed by atoms with Crippen molar-refractivity contribution in [3.63, 3.8) is 0 Å². The average Bonchev–Trinajstić information content (AvgIpc) is 3.13. The first-order chi connectivity index (χ1) is 8.63. The lowest BCUT2D eigenvalue weighted by molar-refractivity contribution is 0.0677. The van der Waals surface area contributed by atoms with E-state index < -0.39 is 0 Å². The Kier molecular flexibility index (Phi) is 3.87. The summed E-state index contributed by atoms with van der Waals surface area (Å²) in [4.78, 5) is 14.2. The van der Waals surface area contributed by atoms with Crippen molar-refractivity contribution in [2.45, 2.75) is 25.8 Å². The van der Waals surface area contributed by atoms with Crippen molar-refractivity contribution >= 4 is 5.91 Å². The van der Waals surface area contributed by atoms with Gasteiger partial charge in [0.25, 0.3) is 5.91 Å². The lowest BCUT2D eigenvalue weighted by atomic mass is 10.1. The summed E-state index contributed by atoms with van der Waals surface area (Å²) in [7, 11) is 1.62. The van der Waals surface area contributed by atoms with Gasteiger partial charge in [-0.05, 0) is 37.5 Å². The Morgan fingerprint density at radius 1 is 1.50 bits per heavy atom. The highest BCUT2D eigenvalue weighted by atomic mass is 16.5. The topological polar surface area (TPSA) is 49.8 Å². The number of hydrogen-bond acceptors (Lipinski definition) is 3. The summed E-state index contributed by atoms with van der Waals surface area (Å²) < 4.78 is 5.03. The number of carbonyl (C=O) groups excluding carboxylic acids is 1. The Bertz CT molecular complexity index is 441. The first-order valence-corrected chi connectivity index (χ1v) is 6.23. The van der Waals surface area contributed by atoms with Crippen LogP contribution >= 0.6 is 0 Å². The van der Waals surface area contributed by atoms with Crippen LogP contribution in [0.2, 0.25) is 0 Å². The predicted octanol–water partition coefficient (Wildman–Crippen LogP) is 1.95. The van der Waals surface area contributed by atoms with Gasteiger partial charge in [-0.15, -0.1) is 0 Å². The number of amides is 1. The largest absolute Gasteiger partial charge is 0.507 e. The van der Waals surface area contributed by atoms with Crippen molar-refractivity contribution in [1.29, 1.82) is 0 Å². The van der Waals surface area contributed by atoms with Crippen LogP contribution in [0.4, 0.5) is 0 Å². The first kappa shape index (κ1) is 12.9. The van der Waals surface area contributed by atoms with Crippen LogP contribution in [0.5, 0.6) is 5.75 Å². The van der Waals surface area contributed by atoms with Crippen LogP contribution in [0.3, 0.4) is 0 Å². The van der Waals surface area contributed by atoms with E-state index in [1.807, 2.05) is 13.0 Å². The molecule has 2 rings (SSSR count). The number of methoxy groups -OCH3 is 1. The molecule has 98 valence electrons. The molecule has 0 saturated heterocycles. The summed E-state index contributed by atoms with van der Waals surface area (Å²) in [6.45, 7) is 2.99. The molecule has 1 aromatic carbocycles. The van der Waals surface area contributed by atoms with Gasteiger partial charge in [0.05, 0.1) is 12.2 Å². The van der Waals surface area contributed by atoms with Crippen molar-refractivity contribution in [2.75, 3.05) is 20.3 Å². The van der Waals surface area contributed by atoms with Crippen molar-refractivity contribution in [2.24, 2.45) is 0 Å². The molecule has 0 unspecified atom stereocenters. The van der Waals surface area contributed by atoms with Gasteiger partial charge in [-0.2, -0.15) is 0 Å².